The predicted octanol–water partition coefficient (Wildman–Crippen LogP) is 3.30. The molecule has 2 heteroatoms. The van der Waals surface area contributed by atoms with Gasteiger partial charge in [0.25, 0.3) is 0 Å². The van der Waals surface area contributed by atoms with Crippen LogP contribution in [-0.2, 0) is 6.42 Å². The molecule has 1 aliphatic heterocycles. The van der Waals surface area contributed by atoms with Crippen molar-refractivity contribution in [2.45, 2.75) is 26.2 Å². The molecule has 0 amide bonds. The van der Waals surface area contributed by atoms with Crippen molar-refractivity contribution in [2.75, 3.05) is 6.61 Å². The quantitative estimate of drug-likeness (QED) is 0.615. The summed E-state index contributed by atoms with van der Waals surface area (Å²) >= 11 is 0. The molecule has 0 aromatic heterocycles. The molecule has 0 saturated carbocycles. The number of benzene rings is 1. The van der Waals surface area contributed by atoms with Crippen molar-refractivity contribution in [2.24, 2.45) is 0 Å². The first-order valence-corrected chi connectivity index (χ1v) is 4.90. The fourth-order valence-electron chi connectivity index (χ4n) is 2.03. The molecular formula is C12H13NO. The van der Waals surface area contributed by atoms with E-state index in [1.807, 2.05) is 12.1 Å². The van der Waals surface area contributed by atoms with Crippen LogP contribution >= 0.6 is 0 Å². The molecule has 0 atom stereocenters. The zero-order valence-electron chi connectivity index (χ0n) is 8.50. The lowest BCUT2D eigenvalue weighted by atomic mass is 9.94. The fraction of sp³-hybridized carbons (Fsp3) is 0.417. The topological polar surface area (TPSA) is 13.6 Å². The summed E-state index contributed by atoms with van der Waals surface area (Å²) in [5.41, 5.74) is 3.20. The molecule has 14 heavy (non-hydrogen) atoms. The second-order valence-corrected chi connectivity index (χ2v) is 3.84. The minimum Gasteiger partial charge on any atom is -0.493 e. The highest BCUT2D eigenvalue weighted by atomic mass is 16.5. The first-order valence-electron chi connectivity index (χ1n) is 4.90. The van der Waals surface area contributed by atoms with Gasteiger partial charge in [0.15, 0.2) is 5.69 Å². The van der Waals surface area contributed by atoms with Gasteiger partial charge in [-0.2, -0.15) is 0 Å². The first-order chi connectivity index (χ1) is 6.74. The molecule has 0 bridgehead atoms. The highest BCUT2D eigenvalue weighted by molar-refractivity contribution is 5.62. The molecule has 1 aliphatic rings. The molecule has 0 radical (unpaired) electrons. The summed E-state index contributed by atoms with van der Waals surface area (Å²) in [5.74, 6) is 1.37. The van der Waals surface area contributed by atoms with Crippen LogP contribution in [0.25, 0.3) is 4.85 Å². The highest BCUT2D eigenvalue weighted by Gasteiger charge is 2.20. The number of ether oxygens (including phenoxy) is 1. The van der Waals surface area contributed by atoms with Crippen LogP contribution in [0, 0.1) is 6.57 Å². The van der Waals surface area contributed by atoms with Gasteiger partial charge in [-0.25, -0.2) is 4.85 Å². The molecule has 0 aliphatic carbocycles. The molecule has 0 saturated heterocycles. The van der Waals surface area contributed by atoms with Gasteiger partial charge in [0.05, 0.1) is 13.2 Å². The van der Waals surface area contributed by atoms with Gasteiger partial charge in [0, 0.05) is 6.42 Å². The lowest BCUT2D eigenvalue weighted by Crippen LogP contribution is -1.94. The number of hydrogen-bond donors (Lipinski definition) is 0. The molecule has 1 aromatic rings. The highest BCUT2D eigenvalue weighted by Crippen LogP contribution is 2.38. The van der Waals surface area contributed by atoms with Crippen molar-refractivity contribution >= 4 is 5.69 Å². The summed E-state index contributed by atoms with van der Waals surface area (Å²) < 4.78 is 5.49. The van der Waals surface area contributed by atoms with Crippen molar-refractivity contribution in [1.82, 2.24) is 0 Å². The smallest absolute Gasteiger partial charge is 0.191 e. The Balaban J connectivity index is 2.64. The second-order valence-electron chi connectivity index (χ2n) is 3.84. The summed E-state index contributed by atoms with van der Waals surface area (Å²) in [4.78, 5) is 3.56. The van der Waals surface area contributed by atoms with Crippen LogP contribution < -0.4 is 4.74 Å². The van der Waals surface area contributed by atoms with Crippen LogP contribution in [-0.4, -0.2) is 6.61 Å². The average molecular weight is 187 g/mol. The van der Waals surface area contributed by atoms with Gasteiger partial charge in [-0.05, 0) is 23.1 Å². The maximum absolute atomic E-state index is 7.12. The molecule has 1 heterocycles. The molecule has 0 spiro atoms. The number of nitrogens with zero attached hydrogens (tertiary/aromatic N) is 1. The van der Waals surface area contributed by atoms with Crippen LogP contribution in [0.4, 0.5) is 5.69 Å². The van der Waals surface area contributed by atoms with E-state index in [1.54, 1.807) is 0 Å². The zero-order valence-corrected chi connectivity index (χ0v) is 8.50. The van der Waals surface area contributed by atoms with Crippen molar-refractivity contribution in [3.05, 3.63) is 34.7 Å². The van der Waals surface area contributed by atoms with Crippen molar-refractivity contribution in [3.8, 4) is 5.75 Å². The van der Waals surface area contributed by atoms with E-state index in [9.17, 15) is 0 Å². The summed E-state index contributed by atoms with van der Waals surface area (Å²) in [6.45, 7) is 12.1. The number of fused-ring (bicyclic) bond motifs is 1. The summed E-state index contributed by atoms with van der Waals surface area (Å²) in [6, 6.07) is 3.79. The van der Waals surface area contributed by atoms with Crippen molar-refractivity contribution in [1.29, 1.82) is 0 Å². The Hall–Kier alpha value is -1.49. The Morgan fingerprint density at radius 3 is 2.86 bits per heavy atom. The summed E-state index contributed by atoms with van der Waals surface area (Å²) in [5, 5.41) is 0. The Bertz CT molecular complexity index is 402. The molecule has 0 fully saturated rings. The average Bonchev–Trinajstić information content (AvgIpc) is 2.62. The van der Waals surface area contributed by atoms with Gasteiger partial charge in [-0.1, -0.05) is 19.9 Å². The zero-order chi connectivity index (χ0) is 10.1. The van der Waals surface area contributed by atoms with Crippen LogP contribution in [0.2, 0.25) is 0 Å². The van der Waals surface area contributed by atoms with E-state index in [2.05, 4.69) is 18.7 Å². The van der Waals surface area contributed by atoms with E-state index in [1.165, 1.54) is 11.1 Å². The van der Waals surface area contributed by atoms with E-state index in [0.29, 0.717) is 5.92 Å². The lowest BCUT2D eigenvalue weighted by molar-refractivity contribution is 0.357. The van der Waals surface area contributed by atoms with Gasteiger partial charge in [-0.3, -0.25) is 0 Å². The normalized spacial score (nSPS) is 13.6. The minimum absolute atomic E-state index is 0.399. The lowest BCUT2D eigenvalue weighted by Gasteiger charge is -2.12. The van der Waals surface area contributed by atoms with E-state index in [-0.39, 0.29) is 0 Å². The standard InChI is InChI=1S/C12H13NO/c1-8(2)12-9-6-7-14-11(9)5-4-10(12)13-3/h4-5,8H,6-7H2,1-2H3. The largest absolute Gasteiger partial charge is 0.493 e. The summed E-state index contributed by atoms with van der Waals surface area (Å²) in [7, 11) is 0. The molecule has 2 rings (SSSR count). The van der Waals surface area contributed by atoms with Crippen LogP contribution in [0.5, 0.6) is 5.75 Å². The van der Waals surface area contributed by atoms with Gasteiger partial charge < -0.3 is 4.74 Å². The molecule has 0 unspecified atom stereocenters. The molecule has 72 valence electrons. The van der Waals surface area contributed by atoms with Crippen LogP contribution in [0.3, 0.4) is 0 Å². The monoisotopic (exact) mass is 187 g/mol. The second kappa shape index (κ2) is 3.34. The van der Waals surface area contributed by atoms with Gasteiger partial charge in [0.1, 0.15) is 5.75 Å². The Labute approximate surface area is 84.3 Å². The number of rotatable bonds is 1. The molecular weight excluding hydrogens is 174 g/mol. The van der Waals surface area contributed by atoms with Crippen molar-refractivity contribution < 1.29 is 4.74 Å². The van der Waals surface area contributed by atoms with Gasteiger partial charge in [0.2, 0.25) is 0 Å². The van der Waals surface area contributed by atoms with E-state index in [0.717, 1.165) is 24.5 Å². The third kappa shape index (κ3) is 1.26. The Morgan fingerprint density at radius 2 is 2.21 bits per heavy atom. The molecule has 2 nitrogen and oxygen atoms in total. The summed E-state index contributed by atoms with van der Waals surface area (Å²) in [6.07, 6.45) is 0.951. The SMILES string of the molecule is [C-]#[N+]c1ccc2c(c1C(C)C)CCO2. The van der Waals surface area contributed by atoms with Crippen LogP contribution in [0.15, 0.2) is 12.1 Å². The van der Waals surface area contributed by atoms with Gasteiger partial charge >= 0.3 is 0 Å². The third-order valence-corrected chi connectivity index (χ3v) is 2.60. The van der Waals surface area contributed by atoms with Crippen molar-refractivity contribution in [3.63, 3.8) is 0 Å². The molecule has 0 N–H and O–H groups in total. The Morgan fingerprint density at radius 1 is 1.43 bits per heavy atom. The Kier molecular flexibility index (Phi) is 2.17. The van der Waals surface area contributed by atoms with E-state index >= 15 is 0 Å². The van der Waals surface area contributed by atoms with E-state index in [4.69, 9.17) is 11.3 Å². The molecule has 1 aromatic carbocycles. The van der Waals surface area contributed by atoms with Gasteiger partial charge in [-0.15, -0.1) is 0 Å². The fourth-order valence-corrected chi connectivity index (χ4v) is 2.03. The third-order valence-electron chi connectivity index (χ3n) is 2.60. The van der Waals surface area contributed by atoms with Crippen LogP contribution in [0.1, 0.15) is 30.9 Å². The maximum atomic E-state index is 7.12. The number of hydrogen-bond acceptors (Lipinski definition) is 1. The van der Waals surface area contributed by atoms with E-state index < -0.39 is 0 Å². The maximum Gasteiger partial charge on any atom is 0.191 e. The first kappa shape index (κ1) is 9.08. The minimum atomic E-state index is 0.399. The predicted molar refractivity (Wildman–Crippen MR) is 56.0 cm³/mol.